The van der Waals surface area contributed by atoms with Crippen molar-refractivity contribution in [3.8, 4) is 11.5 Å². The van der Waals surface area contributed by atoms with Gasteiger partial charge in [-0.05, 0) is 50.3 Å². The van der Waals surface area contributed by atoms with Crippen LogP contribution in [0, 0.1) is 0 Å². The highest BCUT2D eigenvalue weighted by Gasteiger charge is 2.26. The second-order valence-corrected chi connectivity index (χ2v) is 10.4. The number of fused-ring (bicyclic) bond motifs is 4. The van der Waals surface area contributed by atoms with Crippen molar-refractivity contribution in [3.05, 3.63) is 45.1 Å². The molecule has 0 spiro atoms. The van der Waals surface area contributed by atoms with Crippen molar-refractivity contribution in [3.63, 3.8) is 0 Å². The number of amides is 1. The van der Waals surface area contributed by atoms with Crippen LogP contribution >= 0.6 is 23.1 Å². The third-order valence-corrected chi connectivity index (χ3v) is 8.41. The molecule has 0 saturated heterocycles. The highest BCUT2D eigenvalue weighted by atomic mass is 32.2. The van der Waals surface area contributed by atoms with Gasteiger partial charge in [0.1, 0.15) is 11.4 Å². The number of carbonyl (C=O) groups excluding carboxylic acids is 1. The number of rotatable bonds is 6. The zero-order valence-corrected chi connectivity index (χ0v) is 20.5. The Hall–Kier alpha value is -2.52. The molecule has 0 saturated carbocycles. The summed E-state index contributed by atoms with van der Waals surface area (Å²) in [6, 6.07) is 7.57. The molecular weight excluding hydrogens is 458 g/mol. The number of nitrogens with zero attached hydrogens (tertiary/aromatic N) is 3. The molecule has 0 N–H and O–H groups in total. The van der Waals surface area contributed by atoms with Crippen molar-refractivity contribution in [2.75, 3.05) is 25.4 Å². The minimum Gasteiger partial charge on any atom is -0.486 e. The zero-order valence-electron chi connectivity index (χ0n) is 18.8. The molecule has 1 atom stereocenters. The Balaban J connectivity index is 1.27. The van der Waals surface area contributed by atoms with E-state index in [1.54, 1.807) is 27.9 Å². The van der Waals surface area contributed by atoms with Crippen molar-refractivity contribution in [2.45, 2.75) is 43.9 Å². The summed E-state index contributed by atoms with van der Waals surface area (Å²) >= 11 is 2.96. The predicted molar refractivity (Wildman–Crippen MR) is 131 cm³/mol. The molecule has 3 heterocycles. The molecule has 33 heavy (non-hydrogen) atoms. The van der Waals surface area contributed by atoms with Gasteiger partial charge in [0.15, 0.2) is 22.8 Å². The smallest absolute Gasteiger partial charge is 0.262 e. The van der Waals surface area contributed by atoms with Crippen LogP contribution in [0.1, 0.15) is 30.2 Å². The fourth-order valence-electron chi connectivity index (χ4n) is 4.42. The van der Waals surface area contributed by atoms with E-state index in [1.165, 1.54) is 28.6 Å². The maximum Gasteiger partial charge on any atom is 0.262 e. The molecule has 174 valence electrons. The highest BCUT2D eigenvalue weighted by Crippen LogP contribution is 2.35. The van der Waals surface area contributed by atoms with E-state index >= 15 is 0 Å². The van der Waals surface area contributed by atoms with Gasteiger partial charge in [0.2, 0.25) is 5.91 Å². The van der Waals surface area contributed by atoms with Gasteiger partial charge in [-0.1, -0.05) is 23.9 Å². The minimum atomic E-state index is -0.218. The number of hydrogen-bond donors (Lipinski definition) is 0. The van der Waals surface area contributed by atoms with E-state index in [0.29, 0.717) is 30.6 Å². The SMILES string of the molecule is CCN(CC1COc2ccccc2O1)C(=O)CSc1nc2sc3c(c2c(=O)n1C)CCCC3. The van der Waals surface area contributed by atoms with Crippen molar-refractivity contribution < 1.29 is 14.3 Å². The molecule has 1 amide bonds. The Bertz CT molecular complexity index is 1250. The molecule has 5 rings (SSSR count). The fraction of sp³-hybridized carbons (Fsp3) is 0.458. The van der Waals surface area contributed by atoms with Crippen LogP contribution in [0.15, 0.2) is 34.2 Å². The molecule has 0 bridgehead atoms. The van der Waals surface area contributed by atoms with Gasteiger partial charge in [-0.3, -0.25) is 14.2 Å². The number of ether oxygens (including phenoxy) is 2. The highest BCUT2D eigenvalue weighted by molar-refractivity contribution is 7.99. The first-order valence-corrected chi connectivity index (χ1v) is 13.2. The van der Waals surface area contributed by atoms with Crippen LogP contribution < -0.4 is 15.0 Å². The monoisotopic (exact) mass is 485 g/mol. The van der Waals surface area contributed by atoms with E-state index in [0.717, 1.165) is 35.2 Å². The van der Waals surface area contributed by atoms with Gasteiger partial charge < -0.3 is 14.4 Å². The summed E-state index contributed by atoms with van der Waals surface area (Å²) in [7, 11) is 1.75. The number of thioether (sulfide) groups is 1. The Morgan fingerprint density at radius 2 is 2.06 bits per heavy atom. The number of aromatic nitrogens is 2. The summed E-state index contributed by atoms with van der Waals surface area (Å²) in [5, 5.41) is 1.36. The third-order valence-electron chi connectivity index (χ3n) is 6.21. The second-order valence-electron chi connectivity index (χ2n) is 8.37. The van der Waals surface area contributed by atoms with E-state index in [9.17, 15) is 9.59 Å². The predicted octanol–water partition coefficient (Wildman–Crippen LogP) is 3.65. The maximum absolute atomic E-state index is 13.1. The van der Waals surface area contributed by atoms with Gasteiger partial charge in [-0.2, -0.15) is 0 Å². The summed E-state index contributed by atoms with van der Waals surface area (Å²) in [6.45, 7) is 3.39. The standard InChI is InChI=1S/C24H27N3O4S2/c1-3-27(12-15-13-30-17-9-5-6-10-18(17)31-15)20(28)14-32-24-25-22-21(23(29)26(24)2)16-8-4-7-11-19(16)33-22/h5-6,9-10,15H,3-4,7-8,11-14H2,1-2H3. The van der Waals surface area contributed by atoms with Crippen LogP contribution in [-0.2, 0) is 24.7 Å². The van der Waals surface area contributed by atoms with Crippen LogP contribution in [0.3, 0.4) is 0 Å². The van der Waals surface area contributed by atoms with Crippen molar-refractivity contribution in [1.29, 1.82) is 0 Å². The van der Waals surface area contributed by atoms with Gasteiger partial charge in [0, 0.05) is 18.5 Å². The Morgan fingerprint density at radius 1 is 1.27 bits per heavy atom. The number of carbonyl (C=O) groups is 1. The zero-order chi connectivity index (χ0) is 22.9. The summed E-state index contributed by atoms with van der Waals surface area (Å²) in [5.41, 5.74) is 1.18. The van der Waals surface area contributed by atoms with E-state index in [-0.39, 0.29) is 23.3 Å². The van der Waals surface area contributed by atoms with Crippen LogP contribution in [0.2, 0.25) is 0 Å². The molecule has 1 aliphatic carbocycles. The summed E-state index contributed by atoms with van der Waals surface area (Å²) < 4.78 is 13.4. The average molecular weight is 486 g/mol. The van der Waals surface area contributed by atoms with Crippen LogP contribution in [-0.4, -0.2) is 51.9 Å². The lowest BCUT2D eigenvalue weighted by Gasteiger charge is -2.30. The molecule has 9 heteroatoms. The lowest BCUT2D eigenvalue weighted by atomic mass is 9.97. The van der Waals surface area contributed by atoms with Gasteiger partial charge in [0.05, 0.1) is 17.7 Å². The summed E-state index contributed by atoms with van der Waals surface area (Å²) in [5.74, 6) is 1.65. The van der Waals surface area contributed by atoms with Crippen molar-refractivity contribution in [2.24, 2.45) is 7.05 Å². The normalized spacial score (nSPS) is 17.1. The molecular formula is C24H27N3O4S2. The minimum absolute atomic E-state index is 0.00637. The average Bonchev–Trinajstić information content (AvgIpc) is 3.22. The molecule has 2 aromatic heterocycles. The molecule has 0 radical (unpaired) electrons. The van der Waals surface area contributed by atoms with Crippen LogP contribution in [0.25, 0.3) is 10.2 Å². The molecule has 1 aromatic carbocycles. The van der Waals surface area contributed by atoms with E-state index in [4.69, 9.17) is 14.5 Å². The number of benzene rings is 1. The van der Waals surface area contributed by atoms with Gasteiger partial charge in [-0.25, -0.2) is 4.98 Å². The molecule has 1 aliphatic heterocycles. The first-order valence-electron chi connectivity index (χ1n) is 11.4. The van der Waals surface area contributed by atoms with Crippen molar-refractivity contribution in [1.82, 2.24) is 14.5 Å². The summed E-state index contributed by atoms with van der Waals surface area (Å²) in [4.78, 5) is 34.7. The summed E-state index contributed by atoms with van der Waals surface area (Å²) in [6.07, 6.45) is 4.07. The lowest BCUT2D eigenvalue weighted by molar-refractivity contribution is -0.129. The fourth-order valence-corrected chi connectivity index (χ4v) is 6.60. The van der Waals surface area contributed by atoms with Gasteiger partial charge >= 0.3 is 0 Å². The van der Waals surface area contributed by atoms with Crippen molar-refractivity contribution >= 4 is 39.2 Å². The molecule has 0 fully saturated rings. The molecule has 2 aliphatic rings. The van der Waals surface area contributed by atoms with Crippen LogP contribution in [0.5, 0.6) is 11.5 Å². The number of para-hydroxylation sites is 2. The Morgan fingerprint density at radius 3 is 2.88 bits per heavy atom. The maximum atomic E-state index is 13.1. The van der Waals surface area contributed by atoms with E-state index in [1.807, 2.05) is 31.2 Å². The van der Waals surface area contributed by atoms with Gasteiger partial charge in [0.25, 0.3) is 5.56 Å². The van der Waals surface area contributed by atoms with E-state index < -0.39 is 0 Å². The first kappa shape index (κ1) is 22.3. The number of aryl methyl sites for hydroxylation is 2. The number of hydrogen-bond acceptors (Lipinski definition) is 7. The van der Waals surface area contributed by atoms with E-state index in [2.05, 4.69) is 0 Å². The van der Waals surface area contributed by atoms with Gasteiger partial charge in [-0.15, -0.1) is 11.3 Å². The second kappa shape index (κ2) is 9.38. The Labute approximate surface area is 200 Å². The number of thiophene rings is 1. The molecule has 3 aromatic rings. The number of likely N-dealkylation sites (N-methyl/N-ethyl adjacent to an activating group) is 1. The van der Waals surface area contributed by atoms with Crippen LogP contribution in [0.4, 0.5) is 0 Å². The first-order chi connectivity index (χ1) is 16.0. The molecule has 7 nitrogen and oxygen atoms in total. The third kappa shape index (κ3) is 4.36. The lowest BCUT2D eigenvalue weighted by Crippen LogP contribution is -2.44. The quantitative estimate of drug-likeness (QED) is 0.392. The Kier molecular flexibility index (Phi) is 6.34. The molecule has 1 unspecified atom stereocenters. The largest absolute Gasteiger partial charge is 0.486 e. The topological polar surface area (TPSA) is 73.7 Å².